The number of anilines is 2. The third kappa shape index (κ3) is 4.41. The summed E-state index contributed by atoms with van der Waals surface area (Å²) in [7, 11) is -8.20. The summed E-state index contributed by atoms with van der Waals surface area (Å²) in [5, 5.41) is 0. The average Bonchev–Trinajstić information content (AvgIpc) is 2.66. The number of nitrogens with zero attached hydrogens (tertiary/aromatic N) is 1. The minimum absolute atomic E-state index is 0.0183. The molecule has 1 saturated heterocycles. The van der Waals surface area contributed by atoms with Gasteiger partial charge in [0.1, 0.15) is 0 Å². The van der Waals surface area contributed by atoms with Crippen molar-refractivity contribution in [3.05, 3.63) is 24.3 Å². The Hall–Kier alpha value is -1.68. The first kappa shape index (κ1) is 16.7. The molecule has 0 saturated carbocycles. The molecule has 0 aromatic heterocycles. The van der Waals surface area contributed by atoms with Gasteiger partial charge in [0.25, 0.3) is 0 Å². The van der Waals surface area contributed by atoms with Gasteiger partial charge >= 0.3 is 10.2 Å². The highest BCUT2D eigenvalue weighted by Crippen LogP contribution is 2.32. The van der Waals surface area contributed by atoms with E-state index < -0.39 is 31.9 Å². The third-order valence-electron chi connectivity index (χ3n) is 3.13. The van der Waals surface area contributed by atoms with Crippen LogP contribution in [0.1, 0.15) is 6.42 Å². The van der Waals surface area contributed by atoms with E-state index in [1.165, 1.54) is 17.0 Å². The molecule has 1 atom stereocenters. The fourth-order valence-corrected chi connectivity index (χ4v) is 3.76. The van der Waals surface area contributed by atoms with Gasteiger partial charge in [-0.3, -0.25) is 9.52 Å². The second-order valence-corrected chi connectivity index (χ2v) is 8.33. The second-order valence-electron chi connectivity index (χ2n) is 5.17. The zero-order valence-corrected chi connectivity index (χ0v) is 13.3. The zero-order chi connectivity index (χ0) is 16.5. The number of benzene rings is 1. The zero-order valence-electron chi connectivity index (χ0n) is 11.7. The summed E-state index contributed by atoms with van der Waals surface area (Å²) in [6.07, 6.45) is 0.879. The van der Waals surface area contributed by atoms with Crippen molar-refractivity contribution in [2.75, 3.05) is 28.2 Å². The molecule has 0 aliphatic carbocycles. The Morgan fingerprint density at radius 1 is 1.27 bits per heavy atom. The number of carbonyl (C=O) groups is 1. The lowest BCUT2D eigenvalue weighted by Gasteiger charge is -2.20. The summed E-state index contributed by atoms with van der Waals surface area (Å²) >= 11 is 0. The van der Waals surface area contributed by atoms with Crippen LogP contribution < -0.4 is 9.62 Å². The van der Waals surface area contributed by atoms with Gasteiger partial charge in [-0.25, -0.2) is 8.42 Å². The van der Waals surface area contributed by atoms with E-state index in [2.05, 4.69) is 4.72 Å². The van der Waals surface area contributed by atoms with Crippen LogP contribution in [0.3, 0.4) is 0 Å². The molecule has 1 N–H and O–H groups in total. The number of hydrogen-bond acceptors (Lipinski definition) is 5. The summed E-state index contributed by atoms with van der Waals surface area (Å²) < 4.78 is 59.2. The van der Waals surface area contributed by atoms with Gasteiger partial charge in [0.2, 0.25) is 15.9 Å². The lowest BCUT2D eigenvalue weighted by atomic mass is 10.1. The number of carbonyl (C=O) groups excluding carboxylic acids is 1. The predicted molar refractivity (Wildman–Crippen MR) is 80.3 cm³/mol. The van der Waals surface area contributed by atoms with Crippen molar-refractivity contribution in [2.24, 2.45) is 5.92 Å². The smallest absolute Gasteiger partial charge is 0.302 e. The minimum atomic E-state index is -4.67. The summed E-state index contributed by atoms with van der Waals surface area (Å²) in [5.74, 6) is -1.76. The monoisotopic (exact) mass is 350 g/mol. The van der Waals surface area contributed by atoms with E-state index in [-0.39, 0.29) is 24.6 Å². The SMILES string of the molecule is CS(=O)(=O)Nc1ccccc1N1CC(CS(=O)(=O)F)CC1=O. The van der Waals surface area contributed by atoms with Crippen LogP contribution in [0.4, 0.5) is 15.3 Å². The fraction of sp³-hybridized carbons (Fsp3) is 0.417. The van der Waals surface area contributed by atoms with Gasteiger partial charge < -0.3 is 4.90 Å². The van der Waals surface area contributed by atoms with E-state index in [0.29, 0.717) is 5.69 Å². The van der Waals surface area contributed by atoms with E-state index in [0.717, 1.165) is 6.26 Å². The van der Waals surface area contributed by atoms with Crippen LogP contribution >= 0.6 is 0 Å². The number of hydrogen-bond donors (Lipinski definition) is 1. The average molecular weight is 350 g/mol. The van der Waals surface area contributed by atoms with Crippen molar-refractivity contribution in [1.82, 2.24) is 0 Å². The number of halogens is 1. The lowest BCUT2D eigenvalue weighted by molar-refractivity contribution is -0.117. The molecular formula is C12H15FN2O5S2. The topological polar surface area (TPSA) is 101 Å². The van der Waals surface area contributed by atoms with Crippen LogP contribution in [0.15, 0.2) is 24.3 Å². The summed E-state index contributed by atoms with van der Waals surface area (Å²) in [6, 6.07) is 6.25. The van der Waals surface area contributed by atoms with Gasteiger partial charge in [-0.2, -0.15) is 8.42 Å². The molecule has 1 aliphatic rings. The first-order valence-corrected chi connectivity index (χ1v) is 9.79. The highest BCUT2D eigenvalue weighted by Gasteiger charge is 2.34. The van der Waals surface area contributed by atoms with Gasteiger partial charge in [0, 0.05) is 18.9 Å². The number of amides is 1. The molecular weight excluding hydrogens is 335 g/mol. The van der Waals surface area contributed by atoms with E-state index in [1.807, 2.05) is 0 Å². The van der Waals surface area contributed by atoms with E-state index in [4.69, 9.17) is 0 Å². The van der Waals surface area contributed by atoms with Crippen LogP contribution in [-0.2, 0) is 25.0 Å². The van der Waals surface area contributed by atoms with Gasteiger partial charge in [-0.05, 0) is 12.1 Å². The van der Waals surface area contributed by atoms with Crippen LogP contribution in [-0.4, -0.2) is 41.3 Å². The van der Waals surface area contributed by atoms with Crippen molar-refractivity contribution in [1.29, 1.82) is 0 Å². The summed E-state index contributed by atoms with van der Waals surface area (Å²) in [6.45, 7) is 0.0183. The molecule has 1 aromatic carbocycles. The second kappa shape index (κ2) is 5.84. The summed E-state index contributed by atoms with van der Waals surface area (Å²) in [5.41, 5.74) is 0.527. The van der Waals surface area contributed by atoms with Crippen molar-refractivity contribution in [2.45, 2.75) is 6.42 Å². The molecule has 0 spiro atoms. The maximum absolute atomic E-state index is 12.7. The molecule has 1 aliphatic heterocycles. The molecule has 1 unspecified atom stereocenters. The number of nitrogens with one attached hydrogen (secondary N) is 1. The molecule has 10 heteroatoms. The van der Waals surface area contributed by atoms with Crippen molar-refractivity contribution < 1.29 is 25.5 Å². The Balaban J connectivity index is 2.27. The van der Waals surface area contributed by atoms with Crippen LogP contribution in [0.25, 0.3) is 0 Å². The molecule has 7 nitrogen and oxygen atoms in total. The van der Waals surface area contributed by atoms with Gasteiger partial charge in [-0.15, -0.1) is 3.89 Å². The third-order valence-corrected chi connectivity index (χ3v) is 4.59. The molecule has 0 bridgehead atoms. The minimum Gasteiger partial charge on any atom is -0.310 e. The van der Waals surface area contributed by atoms with E-state index in [1.54, 1.807) is 12.1 Å². The van der Waals surface area contributed by atoms with Crippen molar-refractivity contribution in [3.63, 3.8) is 0 Å². The summed E-state index contributed by atoms with van der Waals surface area (Å²) in [4.78, 5) is 13.3. The highest BCUT2D eigenvalue weighted by atomic mass is 32.3. The first-order chi connectivity index (χ1) is 10.1. The molecule has 1 fully saturated rings. The van der Waals surface area contributed by atoms with Gasteiger partial charge in [0.05, 0.1) is 23.4 Å². The molecule has 122 valence electrons. The quantitative estimate of drug-likeness (QED) is 0.788. The Kier molecular flexibility index (Phi) is 4.43. The molecule has 2 rings (SSSR count). The van der Waals surface area contributed by atoms with Crippen molar-refractivity contribution in [3.8, 4) is 0 Å². The van der Waals surface area contributed by atoms with Crippen LogP contribution in [0.2, 0.25) is 0 Å². The van der Waals surface area contributed by atoms with Crippen LogP contribution in [0.5, 0.6) is 0 Å². The molecule has 1 amide bonds. The lowest BCUT2D eigenvalue weighted by Crippen LogP contribution is -2.26. The normalized spacial score (nSPS) is 19.5. The van der Waals surface area contributed by atoms with Gasteiger partial charge in [0.15, 0.2) is 0 Å². The molecule has 22 heavy (non-hydrogen) atoms. The standard InChI is InChI=1S/C12H15FN2O5S2/c1-21(17,18)14-10-4-2-3-5-11(10)15-7-9(6-12(15)16)8-22(13,19)20/h2-5,9,14H,6-8H2,1H3. The van der Waals surface area contributed by atoms with Crippen molar-refractivity contribution >= 4 is 37.5 Å². The molecule has 1 heterocycles. The van der Waals surface area contributed by atoms with E-state index in [9.17, 15) is 25.5 Å². The molecule has 0 radical (unpaired) electrons. The maximum Gasteiger partial charge on any atom is 0.302 e. The Labute approximate surface area is 128 Å². The van der Waals surface area contributed by atoms with E-state index >= 15 is 0 Å². The number of rotatable bonds is 5. The maximum atomic E-state index is 12.7. The Bertz CT molecular complexity index is 791. The molecule has 1 aromatic rings. The van der Waals surface area contributed by atoms with Crippen LogP contribution in [0, 0.1) is 5.92 Å². The first-order valence-electron chi connectivity index (χ1n) is 6.35. The highest BCUT2D eigenvalue weighted by molar-refractivity contribution is 7.92. The number of sulfonamides is 1. The Morgan fingerprint density at radius 3 is 2.50 bits per heavy atom. The predicted octanol–water partition coefficient (Wildman–Crippen LogP) is 0.710. The Morgan fingerprint density at radius 2 is 1.91 bits per heavy atom. The number of para-hydroxylation sites is 2. The van der Waals surface area contributed by atoms with Gasteiger partial charge in [-0.1, -0.05) is 12.1 Å². The largest absolute Gasteiger partial charge is 0.310 e. The fourth-order valence-electron chi connectivity index (χ4n) is 2.40.